The van der Waals surface area contributed by atoms with E-state index in [4.69, 9.17) is 0 Å². The van der Waals surface area contributed by atoms with Crippen LogP contribution >= 0.6 is 11.3 Å². The monoisotopic (exact) mass is 403 g/mol. The molecule has 0 radical (unpaired) electrons. The van der Waals surface area contributed by atoms with Crippen molar-refractivity contribution in [1.82, 2.24) is 14.8 Å². The molecule has 0 bridgehead atoms. The summed E-state index contributed by atoms with van der Waals surface area (Å²) in [5.74, 6) is -0.412. The standard InChI is InChI=1S/C21H26FN3O2S/c1-14-20(28-15(2)23-14)21(27)25-11-6-8-17(10-12-25)24(3)19(26)13-16-7-4-5-9-18(16)22/h4-5,7,9,17H,6,8,10-13H2,1-3H3/t17-/m1/s1. The Balaban J connectivity index is 1.61. The molecule has 3 rings (SSSR count). The van der Waals surface area contributed by atoms with Crippen LogP contribution in [0.15, 0.2) is 24.3 Å². The second-order valence-corrected chi connectivity index (χ2v) is 8.50. The number of carbonyl (C=O) groups is 2. The van der Waals surface area contributed by atoms with E-state index in [0.29, 0.717) is 23.5 Å². The lowest BCUT2D eigenvalue weighted by Crippen LogP contribution is -2.39. The second-order valence-electron chi connectivity index (χ2n) is 7.30. The van der Waals surface area contributed by atoms with E-state index in [1.54, 1.807) is 30.1 Å². The lowest BCUT2D eigenvalue weighted by atomic mass is 10.1. The molecular formula is C21H26FN3O2S. The highest BCUT2D eigenvalue weighted by atomic mass is 32.1. The van der Waals surface area contributed by atoms with Crippen LogP contribution in [0.2, 0.25) is 0 Å². The molecule has 150 valence electrons. The van der Waals surface area contributed by atoms with Crippen molar-refractivity contribution in [2.75, 3.05) is 20.1 Å². The number of rotatable bonds is 4. The summed E-state index contributed by atoms with van der Waals surface area (Å²) >= 11 is 1.44. The number of likely N-dealkylation sites (tertiary alicyclic amines) is 1. The molecule has 7 heteroatoms. The van der Waals surface area contributed by atoms with Gasteiger partial charge in [0.15, 0.2) is 0 Å². The molecule has 28 heavy (non-hydrogen) atoms. The van der Waals surface area contributed by atoms with Gasteiger partial charge in [0.1, 0.15) is 10.7 Å². The van der Waals surface area contributed by atoms with Gasteiger partial charge in [0.2, 0.25) is 5.91 Å². The highest BCUT2D eigenvalue weighted by molar-refractivity contribution is 7.13. The predicted molar refractivity (Wildman–Crippen MR) is 108 cm³/mol. The number of aryl methyl sites for hydroxylation is 2. The summed E-state index contributed by atoms with van der Waals surface area (Å²) in [6, 6.07) is 6.44. The lowest BCUT2D eigenvalue weighted by Gasteiger charge is -2.27. The fourth-order valence-electron chi connectivity index (χ4n) is 3.68. The Labute approximate surface area is 169 Å². The molecule has 2 heterocycles. The Morgan fingerprint density at radius 1 is 1.25 bits per heavy atom. The van der Waals surface area contributed by atoms with Gasteiger partial charge in [-0.3, -0.25) is 9.59 Å². The van der Waals surface area contributed by atoms with Crippen LogP contribution < -0.4 is 0 Å². The number of amides is 2. The number of halogens is 1. The van der Waals surface area contributed by atoms with E-state index in [1.165, 1.54) is 17.4 Å². The zero-order chi connectivity index (χ0) is 20.3. The zero-order valence-corrected chi connectivity index (χ0v) is 17.4. The summed E-state index contributed by atoms with van der Waals surface area (Å²) in [7, 11) is 1.78. The fourth-order valence-corrected chi connectivity index (χ4v) is 4.56. The van der Waals surface area contributed by atoms with Crippen LogP contribution in [0.3, 0.4) is 0 Å². The molecular weight excluding hydrogens is 377 g/mol. The van der Waals surface area contributed by atoms with Crippen LogP contribution in [0.4, 0.5) is 4.39 Å². The first kappa shape index (κ1) is 20.5. The molecule has 0 aliphatic carbocycles. The molecule has 1 fully saturated rings. The van der Waals surface area contributed by atoms with Gasteiger partial charge in [-0.15, -0.1) is 11.3 Å². The molecule has 0 saturated carbocycles. The van der Waals surface area contributed by atoms with Crippen molar-refractivity contribution >= 4 is 23.2 Å². The molecule has 1 aliphatic rings. The first-order chi connectivity index (χ1) is 13.4. The molecule has 1 aromatic carbocycles. The van der Waals surface area contributed by atoms with Crippen LogP contribution in [-0.2, 0) is 11.2 Å². The lowest BCUT2D eigenvalue weighted by molar-refractivity contribution is -0.131. The molecule has 0 spiro atoms. The number of thiazole rings is 1. The first-order valence-corrected chi connectivity index (χ1v) is 10.4. The van der Waals surface area contributed by atoms with Gasteiger partial charge in [0, 0.05) is 26.2 Å². The van der Waals surface area contributed by atoms with Gasteiger partial charge in [-0.1, -0.05) is 18.2 Å². The van der Waals surface area contributed by atoms with Crippen molar-refractivity contribution in [1.29, 1.82) is 0 Å². The van der Waals surface area contributed by atoms with E-state index < -0.39 is 0 Å². The molecule has 2 aromatic rings. The molecule has 1 atom stereocenters. The number of nitrogens with zero attached hydrogens (tertiary/aromatic N) is 3. The minimum atomic E-state index is -0.350. The number of carbonyl (C=O) groups excluding carboxylic acids is 2. The maximum absolute atomic E-state index is 13.8. The summed E-state index contributed by atoms with van der Waals surface area (Å²) < 4.78 is 13.8. The van der Waals surface area contributed by atoms with Gasteiger partial charge in [-0.25, -0.2) is 9.37 Å². The Morgan fingerprint density at radius 3 is 2.68 bits per heavy atom. The minimum absolute atomic E-state index is 0.0316. The fraction of sp³-hybridized carbons (Fsp3) is 0.476. The Bertz CT molecular complexity index is 867. The van der Waals surface area contributed by atoms with Gasteiger partial charge in [0.05, 0.1) is 17.1 Å². The van der Waals surface area contributed by atoms with E-state index in [9.17, 15) is 14.0 Å². The third kappa shape index (κ3) is 4.58. The van der Waals surface area contributed by atoms with Crippen molar-refractivity contribution in [3.8, 4) is 0 Å². The third-order valence-electron chi connectivity index (χ3n) is 5.32. The van der Waals surface area contributed by atoms with E-state index in [0.717, 1.165) is 30.0 Å². The summed E-state index contributed by atoms with van der Waals surface area (Å²) in [6.45, 7) is 5.06. The molecule has 1 saturated heterocycles. The van der Waals surface area contributed by atoms with Crippen molar-refractivity contribution in [2.24, 2.45) is 0 Å². The molecule has 1 aromatic heterocycles. The number of hydrogen-bond acceptors (Lipinski definition) is 4. The highest BCUT2D eigenvalue weighted by Gasteiger charge is 2.27. The smallest absolute Gasteiger partial charge is 0.265 e. The number of benzene rings is 1. The maximum atomic E-state index is 13.8. The molecule has 5 nitrogen and oxygen atoms in total. The Morgan fingerprint density at radius 2 is 2.00 bits per heavy atom. The topological polar surface area (TPSA) is 53.5 Å². The van der Waals surface area contributed by atoms with Gasteiger partial charge in [-0.2, -0.15) is 0 Å². The van der Waals surface area contributed by atoms with Gasteiger partial charge >= 0.3 is 0 Å². The van der Waals surface area contributed by atoms with Crippen LogP contribution in [0.25, 0.3) is 0 Å². The quantitative estimate of drug-likeness (QED) is 0.784. The predicted octanol–water partition coefficient (Wildman–Crippen LogP) is 3.59. The van der Waals surface area contributed by atoms with Crippen LogP contribution in [-0.4, -0.2) is 52.8 Å². The number of likely N-dealkylation sites (N-methyl/N-ethyl adjacent to an activating group) is 1. The number of aromatic nitrogens is 1. The summed E-state index contributed by atoms with van der Waals surface area (Å²) in [4.78, 5) is 34.1. The SMILES string of the molecule is Cc1nc(C)c(C(=O)N2CCC[C@@H](N(C)C(=O)Cc3ccccc3F)CC2)s1. The largest absolute Gasteiger partial charge is 0.342 e. The Hall–Kier alpha value is -2.28. The number of hydrogen-bond donors (Lipinski definition) is 0. The third-order valence-corrected chi connectivity index (χ3v) is 6.38. The molecule has 0 N–H and O–H groups in total. The molecule has 1 aliphatic heterocycles. The van der Waals surface area contributed by atoms with E-state index >= 15 is 0 Å². The zero-order valence-electron chi connectivity index (χ0n) is 16.6. The average molecular weight is 404 g/mol. The van der Waals surface area contributed by atoms with E-state index in [2.05, 4.69) is 4.98 Å². The van der Waals surface area contributed by atoms with Crippen molar-refractivity contribution < 1.29 is 14.0 Å². The van der Waals surface area contributed by atoms with Crippen LogP contribution in [0.1, 0.15) is 45.2 Å². The summed E-state index contributed by atoms with van der Waals surface area (Å²) in [5, 5.41) is 0.895. The Kier molecular flexibility index (Phi) is 6.44. The van der Waals surface area contributed by atoms with Gasteiger partial charge in [-0.05, 0) is 44.7 Å². The normalized spacial score (nSPS) is 17.3. The highest BCUT2D eigenvalue weighted by Crippen LogP contribution is 2.23. The average Bonchev–Trinajstić information content (AvgIpc) is 2.86. The van der Waals surface area contributed by atoms with Gasteiger partial charge < -0.3 is 9.80 Å². The van der Waals surface area contributed by atoms with Gasteiger partial charge in [0.25, 0.3) is 5.91 Å². The summed E-state index contributed by atoms with van der Waals surface area (Å²) in [6.07, 6.45) is 2.46. The summed E-state index contributed by atoms with van der Waals surface area (Å²) in [5.41, 5.74) is 1.20. The molecule has 2 amide bonds. The van der Waals surface area contributed by atoms with Crippen LogP contribution in [0, 0.1) is 19.7 Å². The van der Waals surface area contributed by atoms with Crippen molar-refractivity contribution in [2.45, 2.75) is 45.6 Å². The van der Waals surface area contributed by atoms with Crippen LogP contribution in [0.5, 0.6) is 0 Å². The maximum Gasteiger partial charge on any atom is 0.265 e. The second kappa shape index (κ2) is 8.82. The minimum Gasteiger partial charge on any atom is -0.342 e. The molecule has 0 unspecified atom stereocenters. The van der Waals surface area contributed by atoms with Crippen molar-refractivity contribution in [3.63, 3.8) is 0 Å². The first-order valence-electron chi connectivity index (χ1n) is 9.59. The van der Waals surface area contributed by atoms with Crippen molar-refractivity contribution in [3.05, 3.63) is 51.2 Å². The van der Waals surface area contributed by atoms with E-state index in [-0.39, 0.29) is 30.1 Å². The van der Waals surface area contributed by atoms with E-state index in [1.807, 2.05) is 18.7 Å².